The molecule has 0 aromatic carbocycles. The molecule has 0 spiro atoms. The summed E-state index contributed by atoms with van der Waals surface area (Å²) in [5.74, 6) is 0.380. The molecule has 0 unspecified atom stereocenters. The van der Waals surface area contributed by atoms with Crippen LogP contribution in [0.3, 0.4) is 0 Å². The van der Waals surface area contributed by atoms with E-state index in [1.54, 1.807) is 16.8 Å². The molecule has 0 radical (unpaired) electrons. The minimum Gasteiger partial charge on any atom is -0.444 e. The van der Waals surface area contributed by atoms with E-state index >= 15 is 0 Å². The largest absolute Gasteiger partial charge is 0.444 e. The lowest BCUT2D eigenvalue weighted by Crippen LogP contribution is -2.41. The van der Waals surface area contributed by atoms with E-state index in [-0.39, 0.29) is 36.1 Å². The predicted octanol–water partition coefficient (Wildman–Crippen LogP) is 3.25. The number of hydrogen-bond acceptors (Lipinski definition) is 8. The van der Waals surface area contributed by atoms with Gasteiger partial charge in [0.1, 0.15) is 11.4 Å². The van der Waals surface area contributed by atoms with Crippen LogP contribution in [0.25, 0.3) is 0 Å². The van der Waals surface area contributed by atoms with Crippen molar-refractivity contribution in [2.45, 2.75) is 60.1 Å². The molecule has 1 aromatic rings. The molecule has 0 fully saturated rings. The van der Waals surface area contributed by atoms with Gasteiger partial charge in [0.2, 0.25) is 5.28 Å². The summed E-state index contributed by atoms with van der Waals surface area (Å²) >= 11 is 6.12. The average Bonchev–Trinajstić information content (AvgIpc) is 2.61. The number of nitrogens with zero attached hydrogens (tertiary/aromatic N) is 4. The first kappa shape index (κ1) is 25.6. The Morgan fingerprint density at radius 3 is 2.42 bits per heavy atom. The average molecular weight is 477 g/mol. The van der Waals surface area contributed by atoms with Crippen molar-refractivity contribution < 1.29 is 22.1 Å². The van der Waals surface area contributed by atoms with Gasteiger partial charge in [0.05, 0.1) is 24.6 Å². The lowest BCUT2D eigenvalue weighted by atomic mass is 9.99. The maximum atomic E-state index is 12.4. The number of ether oxygens (including phenoxy) is 1. The summed E-state index contributed by atoms with van der Waals surface area (Å²) in [5.41, 5.74) is 0.635. The molecule has 0 saturated carbocycles. The Hall–Kier alpha value is -1.65. The number of aromatic nitrogens is 2. The summed E-state index contributed by atoms with van der Waals surface area (Å²) in [6, 6.07) is 0. The van der Waals surface area contributed by atoms with Crippen molar-refractivity contribution in [2.75, 3.05) is 37.4 Å². The minimum atomic E-state index is -3.67. The van der Waals surface area contributed by atoms with Crippen molar-refractivity contribution in [3.8, 4) is 0 Å². The third-order valence-corrected chi connectivity index (χ3v) is 5.71. The third kappa shape index (κ3) is 8.08. The van der Waals surface area contributed by atoms with Crippen molar-refractivity contribution in [2.24, 2.45) is 5.41 Å². The second-order valence-electron chi connectivity index (χ2n) is 9.90. The number of carbonyl (C=O) groups is 1. The molecule has 1 aromatic heterocycles. The van der Waals surface area contributed by atoms with E-state index in [0.29, 0.717) is 24.5 Å². The van der Waals surface area contributed by atoms with Gasteiger partial charge in [0.25, 0.3) is 10.1 Å². The van der Waals surface area contributed by atoms with E-state index in [0.717, 1.165) is 5.56 Å². The van der Waals surface area contributed by atoms with Gasteiger partial charge in [0, 0.05) is 25.7 Å². The highest BCUT2D eigenvalue weighted by Gasteiger charge is 2.29. The first-order valence-electron chi connectivity index (χ1n) is 10.2. The Balaban J connectivity index is 2.11. The monoisotopic (exact) mass is 476 g/mol. The zero-order valence-corrected chi connectivity index (χ0v) is 20.9. The zero-order valence-electron chi connectivity index (χ0n) is 19.4. The van der Waals surface area contributed by atoms with Crippen molar-refractivity contribution >= 4 is 33.6 Å². The number of halogens is 1. The molecule has 0 bridgehead atoms. The van der Waals surface area contributed by atoms with Gasteiger partial charge in [-0.3, -0.25) is 4.18 Å². The topological polar surface area (TPSA) is 102 Å². The molecular weight excluding hydrogens is 444 g/mol. The zero-order chi connectivity index (χ0) is 23.6. The van der Waals surface area contributed by atoms with Crippen LogP contribution in [-0.2, 0) is 32.0 Å². The lowest BCUT2D eigenvalue weighted by molar-refractivity contribution is 0.0220. The Bertz CT molecular complexity index is 909. The van der Waals surface area contributed by atoms with E-state index in [1.165, 1.54) is 0 Å². The summed E-state index contributed by atoms with van der Waals surface area (Å²) in [6.45, 7) is 12.2. The number of anilines is 1. The van der Waals surface area contributed by atoms with Crippen LogP contribution in [0.2, 0.25) is 5.28 Å². The van der Waals surface area contributed by atoms with Crippen LogP contribution in [-0.4, -0.2) is 67.5 Å². The van der Waals surface area contributed by atoms with Gasteiger partial charge >= 0.3 is 6.09 Å². The highest BCUT2D eigenvalue weighted by atomic mass is 35.5. The normalized spacial score (nSPS) is 14.9. The number of amides is 1. The fourth-order valence-electron chi connectivity index (χ4n) is 2.86. The summed E-state index contributed by atoms with van der Waals surface area (Å²) < 4.78 is 35.0. The van der Waals surface area contributed by atoms with Crippen LogP contribution >= 0.6 is 11.6 Å². The highest BCUT2D eigenvalue weighted by molar-refractivity contribution is 7.86. The van der Waals surface area contributed by atoms with Crippen molar-refractivity contribution in [3.63, 3.8) is 0 Å². The maximum absolute atomic E-state index is 12.4. The van der Waals surface area contributed by atoms with Gasteiger partial charge in [0.15, 0.2) is 0 Å². The first-order chi connectivity index (χ1) is 14.1. The molecule has 0 aliphatic carbocycles. The first-order valence-corrected chi connectivity index (χ1v) is 12.1. The molecule has 9 nitrogen and oxygen atoms in total. The van der Waals surface area contributed by atoms with Crippen molar-refractivity contribution in [1.29, 1.82) is 0 Å². The third-order valence-electron chi connectivity index (χ3n) is 4.38. The minimum absolute atomic E-state index is 0.0403. The van der Waals surface area contributed by atoms with E-state index < -0.39 is 21.8 Å². The second kappa shape index (κ2) is 9.46. The van der Waals surface area contributed by atoms with Gasteiger partial charge in [-0.05, 0) is 44.2 Å². The van der Waals surface area contributed by atoms with Crippen LogP contribution in [0.5, 0.6) is 0 Å². The standard InChI is InChI=1S/C20H33ClN4O5S/c1-19(2,3)13-29-31(27,28)11-10-24(7)16-14-8-9-25(18(26)30-20(4,5)6)12-15(14)22-17(21)23-16/h8-13H2,1-7H3. The van der Waals surface area contributed by atoms with Crippen molar-refractivity contribution in [1.82, 2.24) is 14.9 Å². The van der Waals surface area contributed by atoms with Crippen LogP contribution in [0.4, 0.5) is 10.6 Å². The maximum Gasteiger partial charge on any atom is 0.410 e. The van der Waals surface area contributed by atoms with E-state index in [2.05, 4.69) is 9.97 Å². The van der Waals surface area contributed by atoms with Crippen LogP contribution in [0, 0.1) is 5.41 Å². The van der Waals surface area contributed by atoms with Crippen LogP contribution in [0.1, 0.15) is 52.8 Å². The van der Waals surface area contributed by atoms with Gasteiger partial charge in [-0.15, -0.1) is 0 Å². The van der Waals surface area contributed by atoms with Gasteiger partial charge in [-0.25, -0.2) is 14.8 Å². The summed E-state index contributed by atoms with van der Waals surface area (Å²) in [7, 11) is -1.93. The van der Waals surface area contributed by atoms with E-state index in [9.17, 15) is 13.2 Å². The molecule has 11 heteroatoms. The molecule has 0 N–H and O–H groups in total. The van der Waals surface area contributed by atoms with Gasteiger partial charge in [-0.2, -0.15) is 8.42 Å². The molecule has 0 saturated heterocycles. The number of rotatable bonds is 6. The highest BCUT2D eigenvalue weighted by Crippen LogP contribution is 2.28. The summed E-state index contributed by atoms with van der Waals surface area (Å²) in [4.78, 5) is 24.3. The number of fused-ring (bicyclic) bond motifs is 1. The second-order valence-corrected chi connectivity index (χ2v) is 12.0. The summed E-state index contributed by atoms with van der Waals surface area (Å²) in [6.07, 6.45) is 0.100. The Labute approximate surface area is 190 Å². The number of carbonyl (C=O) groups excluding carboxylic acids is 1. The molecule has 1 amide bonds. The Morgan fingerprint density at radius 1 is 1.19 bits per heavy atom. The van der Waals surface area contributed by atoms with E-state index in [4.69, 9.17) is 20.5 Å². The fourth-order valence-corrected chi connectivity index (χ4v) is 4.19. The molecule has 2 rings (SSSR count). The molecule has 176 valence electrons. The fraction of sp³-hybridized carbons (Fsp3) is 0.750. The molecule has 1 aliphatic rings. The van der Waals surface area contributed by atoms with Gasteiger partial charge < -0.3 is 14.5 Å². The Morgan fingerprint density at radius 2 is 1.84 bits per heavy atom. The molecule has 31 heavy (non-hydrogen) atoms. The van der Waals surface area contributed by atoms with Crippen LogP contribution < -0.4 is 4.90 Å². The van der Waals surface area contributed by atoms with Crippen LogP contribution in [0.15, 0.2) is 0 Å². The van der Waals surface area contributed by atoms with E-state index in [1.807, 2.05) is 41.5 Å². The Kier molecular flexibility index (Phi) is 7.81. The lowest BCUT2D eigenvalue weighted by Gasteiger charge is -2.32. The van der Waals surface area contributed by atoms with Gasteiger partial charge in [-0.1, -0.05) is 20.8 Å². The predicted molar refractivity (Wildman–Crippen MR) is 120 cm³/mol. The molecule has 0 atom stereocenters. The number of hydrogen-bond donors (Lipinski definition) is 0. The molecular formula is C20H33ClN4O5S. The molecule has 2 heterocycles. The quantitative estimate of drug-likeness (QED) is 0.455. The molecule has 1 aliphatic heterocycles. The SMILES string of the molecule is CN(CCS(=O)(=O)OCC(C)(C)C)c1nc(Cl)nc2c1CCN(C(=O)OC(C)(C)C)C2. The van der Waals surface area contributed by atoms with Crippen molar-refractivity contribution in [3.05, 3.63) is 16.5 Å². The summed E-state index contributed by atoms with van der Waals surface area (Å²) in [5, 5.41) is 0.0403. The smallest absolute Gasteiger partial charge is 0.410 e.